The Labute approximate surface area is 118 Å². The van der Waals surface area contributed by atoms with E-state index in [0.717, 1.165) is 11.3 Å². The van der Waals surface area contributed by atoms with Gasteiger partial charge in [0, 0.05) is 24.7 Å². The van der Waals surface area contributed by atoms with Crippen molar-refractivity contribution in [2.45, 2.75) is 25.4 Å². The lowest BCUT2D eigenvalue weighted by molar-refractivity contribution is -0.119. The molecule has 2 rings (SSSR count). The van der Waals surface area contributed by atoms with E-state index in [1.54, 1.807) is 0 Å². The molecule has 1 fully saturated rings. The van der Waals surface area contributed by atoms with E-state index in [9.17, 15) is 9.59 Å². The van der Waals surface area contributed by atoms with E-state index in [1.165, 1.54) is 0 Å². The van der Waals surface area contributed by atoms with Gasteiger partial charge in [-0.3, -0.25) is 4.79 Å². The quantitative estimate of drug-likeness (QED) is 0.661. The summed E-state index contributed by atoms with van der Waals surface area (Å²) in [5, 5.41) is 11.4. The molecule has 4 N–H and O–H groups in total. The lowest BCUT2D eigenvalue weighted by Gasteiger charge is -2.13. The molecule has 1 aromatic rings. The van der Waals surface area contributed by atoms with Crippen LogP contribution in [0.25, 0.3) is 0 Å². The Hall–Kier alpha value is -2.08. The minimum atomic E-state index is -0.291. The second kappa shape index (κ2) is 6.38. The predicted octanol–water partition coefficient (Wildman–Crippen LogP) is 0.977. The fourth-order valence-corrected chi connectivity index (χ4v) is 2.08. The minimum absolute atomic E-state index is 0.0271. The molecule has 1 heterocycles. The highest BCUT2D eigenvalue weighted by Gasteiger charge is 2.22. The van der Waals surface area contributed by atoms with Gasteiger partial charge in [-0.05, 0) is 31.7 Å². The summed E-state index contributed by atoms with van der Waals surface area (Å²) in [4.78, 5) is 22.8. The van der Waals surface area contributed by atoms with Crippen molar-refractivity contribution < 1.29 is 9.59 Å². The molecule has 108 valence electrons. The van der Waals surface area contributed by atoms with E-state index in [0.29, 0.717) is 13.0 Å². The molecule has 1 aliphatic heterocycles. The first kappa shape index (κ1) is 14.3. The highest BCUT2D eigenvalue weighted by molar-refractivity contribution is 5.90. The summed E-state index contributed by atoms with van der Waals surface area (Å²) in [7, 11) is 1.90. The number of urea groups is 1. The van der Waals surface area contributed by atoms with Crippen LogP contribution < -0.4 is 21.3 Å². The number of anilines is 1. The van der Waals surface area contributed by atoms with Gasteiger partial charge in [-0.25, -0.2) is 4.79 Å². The first-order chi connectivity index (χ1) is 9.58. The summed E-state index contributed by atoms with van der Waals surface area (Å²) in [5.74, 6) is -0.0271. The van der Waals surface area contributed by atoms with Gasteiger partial charge in [0.2, 0.25) is 5.91 Å². The molecule has 6 heteroatoms. The number of amides is 3. The van der Waals surface area contributed by atoms with Crippen LogP contribution >= 0.6 is 0 Å². The maximum absolute atomic E-state index is 11.8. The van der Waals surface area contributed by atoms with E-state index < -0.39 is 0 Å². The zero-order chi connectivity index (χ0) is 14.5. The number of benzene rings is 1. The van der Waals surface area contributed by atoms with Gasteiger partial charge >= 0.3 is 6.03 Å². The third-order valence-corrected chi connectivity index (χ3v) is 3.41. The molecule has 0 saturated carbocycles. The zero-order valence-electron chi connectivity index (χ0n) is 11.7. The van der Waals surface area contributed by atoms with Gasteiger partial charge in [-0.1, -0.05) is 12.1 Å². The van der Waals surface area contributed by atoms with Crippen molar-refractivity contribution in [3.63, 3.8) is 0 Å². The third-order valence-electron chi connectivity index (χ3n) is 3.41. The largest absolute Gasteiger partial charge is 0.354 e. The van der Waals surface area contributed by atoms with Crippen LogP contribution in [0.1, 0.15) is 24.9 Å². The molecule has 0 bridgehead atoms. The first-order valence-electron chi connectivity index (χ1n) is 6.70. The smallest absolute Gasteiger partial charge is 0.319 e. The highest BCUT2D eigenvalue weighted by Crippen LogP contribution is 2.15. The molecule has 0 spiro atoms. The molecule has 3 amide bonds. The number of hydrogen-bond donors (Lipinski definition) is 4. The molecule has 2 atom stereocenters. The molecular weight excluding hydrogens is 256 g/mol. The van der Waals surface area contributed by atoms with Gasteiger partial charge in [-0.2, -0.15) is 0 Å². The van der Waals surface area contributed by atoms with Crippen molar-refractivity contribution in [3.05, 3.63) is 29.8 Å². The van der Waals surface area contributed by atoms with Crippen LogP contribution in [0.3, 0.4) is 0 Å². The first-order valence-corrected chi connectivity index (χ1v) is 6.70. The predicted molar refractivity (Wildman–Crippen MR) is 77.5 cm³/mol. The molecule has 20 heavy (non-hydrogen) atoms. The number of rotatable bonds is 4. The molecule has 1 aliphatic rings. The number of carbonyl (C=O) groups is 2. The molecule has 0 aliphatic carbocycles. The Morgan fingerprint density at radius 1 is 1.35 bits per heavy atom. The van der Waals surface area contributed by atoms with Crippen LogP contribution in [-0.2, 0) is 4.79 Å². The van der Waals surface area contributed by atoms with Crippen molar-refractivity contribution in [1.29, 1.82) is 0 Å². The molecule has 6 nitrogen and oxygen atoms in total. The lowest BCUT2D eigenvalue weighted by atomic mass is 10.1. The monoisotopic (exact) mass is 276 g/mol. The van der Waals surface area contributed by atoms with Crippen molar-refractivity contribution in [2.75, 3.05) is 18.9 Å². The maximum Gasteiger partial charge on any atom is 0.319 e. The molecule has 0 radical (unpaired) electrons. The molecule has 0 aromatic heterocycles. The Kier molecular flexibility index (Phi) is 4.57. The normalized spacial score (nSPS) is 19.3. The Balaban J connectivity index is 1.86. The Morgan fingerprint density at radius 3 is 2.60 bits per heavy atom. The molecule has 1 saturated heterocycles. The highest BCUT2D eigenvalue weighted by atomic mass is 16.2. The van der Waals surface area contributed by atoms with E-state index in [4.69, 9.17) is 0 Å². The van der Waals surface area contributed by atoms with E-state index in [-0.39, 0.29) is 24.0 Å². The van der Waals surface area contributed by atoms with E-state index in [1.807, 2.05) is 31.3 Å². The van der Waals surface area contributed by atoms with Crippen LogP contribution in [0.4, 0.5) is 10.5 Å². The molecule has 1 aromatic carbocycles. The Morgan fingerprint density at radius 2 is 2.05 bits per heavy atom. The van der Waals surface area contributed by atoms with Crippen molar-refractivity contribution >= 4 is 17.6 Å². The fraction of sp³-hybridized carbons (Fsp3) is 0.429. The van der Waals surface area contributed by atoms with Crippen LogP contribution in [0.5, 0.6) is 0 Å². The van der Waals surface area contributed by atoms with Crippen LogP contribution in [0.15, 0.2) is 24.3 Å². The Bertz CT molecular complexity index is 486. The zero-order valence-corrected chi connectivity index (χ0v) is 11.7. The number of hydrogen-bond acceptors (Lipinski definition) is 3. The second-order valence-corrected chi connectivity index (χ2v) is 4.94. The minimum Gasteiger partial charge on any atom is -0.354 e. The van der Waals surface area contributed by atoms with Gasteiger partial charge < -0.3 is 21.3 Å². The summed E-state index contributed by atoms with van der Waals surface area (Å²) >= 11 is 0. The summed E-state index contributed by atoms with van der Waals surface area (Å²) in [5.41, 5.74) is 1.89. The van der Waals surface area contributed by atoms with Crippen LogP contribution in [-0.4, -0.2) is 31.6 Å². The third kappa shape index (κ3) is 3.71. The molecule has 2 unspecified atom stereocenters. The maximum atomic E-state index is 11.8. The number of nitrogens with one attached hydrogen (secondary N) is 4. The summed E-state index contributed by atoms with van der Waals surface area (Å²) in [6.45, 7) is 2.56. The average Bonchev–Trinajstić information content (AvgIpc) is 2.84. The van der Waals surface area contributed by atoms with Gasteiger partial charge in [0.05, 0.1) is 6.04 Å². The van der Waals surface area contributed by atoms with Crippen molar-refractivity contribution in [1.82, 2.24) is 16.0 Å². The van der Waals surface area contributed by atoms with E-state index >= 15 is 0 Å². The summed E-state index contributed by atoms with van der Waals surface area (Å²) in [6, 6.07) is 7.51. The lowest BCUT2D eigenvalue weighted by Crippen LogP contribution is -2.39. The summed E-state index contributed by atoms with van der Waals surface area (Å²) in [6.07, 6.45) is 0.339. The van der Waals surface area contributed by atoms with Gasteiger partial charge in [0.25, 0.3) is 0 Å². The topological polar surface area (TPSA) is 82.3 Å². The van der Waals surface area contributed by atoms with Crippen LogP contribution in [0.2, 0.25) is 0 Å². The van der Waals surface area contributed by atoms with Crippen molar-refractivity contribution in [2.24, 2.45) is 0 Å². The second-order valence-electron chi connectivity index (χ2n) is 4.94. The summed E-state index contributed by atoms with van der Waals surface area (Å²) < 4.78 is 0. The fourth-order valence-electron chi connectivity index (χ4n) is 2.08. The number of carbonyl (C=O) groups excluding carboxylic acids is 2. The van der Waals surface area contributed by atoms with Gasteiger partial charge in [0.1, 0.15) is 0 Å². The standard InChI is InChI=1S/C14H20N4O2/c1-9(15-2)10-3-5-11(6-4-10)17-14(20)18-12-7-13(19)16-8-12/h3-6,9,12,15H,7-8H2,1-2H3,(H,16,19)(H2,17,18,20). The molecular formula is C14H20N4O2. The van der Waals surface area contributed by atoms with E-state index in [2.05, 4.69) is 28.2 Å². The van der Waals surface area contributed by atoms with Crippen molar-refractivity contribution in [3.8, 4) is 0 Å². The van der Waals surface area contributed by atoms with Gasteiger partial charge in [0.15, 0.2) is 0 Å². The van der Waals surface area contributed by atoms with Gasteiger partial charge in [-0.15, -0.1) is 0 Å². The van der Waals surface area contributed by atoms with Crippen LogP contribution in [0, 0.1) is 0 Å². The average molecular weight is 276 g/mol. The SMILES string of the molecule is CNC(C)c1ccc(NC(=O)NC2CNC(=O)C2)cc1.